The maximum atomic E-state index is 12.0. The molecule has 1 aromatic carbocycles. The number of thiazole rings is 1. The number of nitrogens with one attached hydrogen (secondary N) is 3. The molecule has 3 N–H and O–H groups in total. The fourth-order valence-corrected chi connectivity index (χ4v) is 3.82. The van der Waals surface area contributed by atoms with Gasteiger partial charge in [-0.1, -0.05) is 29.8 Å². The second kappa shape index (κ2) is 10.6. The van der Waals surface area contributed by atoms with E-state index in [1.54, 1.807) is 0 Å². The second-order valence-electron chi connectivity index (χ2n) is 6.80. The van der Waals surface area contributed by atoms with Gasteiger partial charge in [-0.3, -0.25) is 10.1 Å². The molecule has 0 spiro atoms. The molecule has 0 saturated heterocycles. The Hall–Kier alpha value is -2.67. The predicted octanol–water partition coefficient (Wildman–Crippen LogP) is 4.73. The van der Waals surface area contributed by atoms with Crippen LogP contribution in [-0.4, -0.2) is 23.5 Å². The van der Waals surface area contributed by atoms with E-state index in [9.17, 15) is 9.59 Å². The topological polar surface area (TPSA) is 83.1 Å². The van der Waals surface area contributed by atoms with Gasteiger partial charge in [-0.2, -0.15) is 0 Å². The van der Waals surface area contributed by atoms with Gasteiger partial charge in [0.1, 0.15) is 0 Å². The van der Waals surface area contributed by atoms with Crippen LogP contribution in [0.2, 0.25) is 0 Å². The van der Waals surface area contributed by atoms with Crippen LogP contribution in [0, 0.1) is 0 Å². The lowest BCUT2D eigenvalue weighted by Gasteiger charge is -2.12. The zero-order valence-electron chi connectivity index (χ0n) is 15.9. The molecule has 0 bridgehead atoms. The number of urea groups is 1. The summed E-state index contributed by atoms with van der Waals surface area (Å²) in [6.07, 6.45) is 9.12. The molecule has 6 nitrogen and oxygen atoms in total. The molecule has 28 heavy (non-hydrogen) atoms. The lowest BCUT2D eigenvalue weighted by atomic mass is 9.97. The Kier molecular flexibility index (Phi) is 7.61. The van der Waals surface area contributed by atoms with Crippen LogP contribution < -0.4 is 16.0 Å². The summed E-state index contributed by atoms with van der Waals surface area (Å²) < 4.78 is 0. The van der Waals surface area contributed by atoms with Gasteiger partial charge in [-0.25, -0.2) is 9.78 Å². The van der Waals surface area contributed by atoms with Crippen LogP contribution >= 0.6 is 11.3 Å². The number of aromatic nitrogens is 1. The number of rotatable bonds is 8. The molecule has 3 amide bonds. The maximum Gasteiger partial charge on any atom is 0.325 e. The summed E-state index contributed by atoms with van der Waals surface area (Å²) >= 11 is 1.35. The highest BCUT2D eigenvalue weighted by atomic mass is 32.1. The molecule has 0 radical (unpaired) electrons. The molecule has 148 valence electrons. The van der Waals surface area contributed by atoms with Gasteiger partial charge in [0.25, 0.3) is 0 Å². The van der Waals surface area contributed by atoms with Crippen molar-refractivity contribution in [2.45, 2.75) is 44.9 Å². The van der Waals surface area contributed by atoms with Gasteiger partial charge in [0.15, 0.2) is 5.13 Å². The van der Waals surface area contributed by atoms with Crippen LogP contribution in [-0.2, 0) is 11.2 Å². The van der Waals surface area contributed by atoms with Crippen LogP contribution in [0.4, 0.5) is 15.6 Å². The van der Waals surface area contributed by atoms with Crippen LogP contribution in [0.15, 0.2) is 47.4 Å². The van der Waals surface area contributed by atoms with Gasteiger partial charge in [0.05, 0.1) is 5.69 Å². The molecular weight excluding hydrogens is 372 g/mol. The first-order chi connectivity index (χ1) is 13.7. The Morgan fingerprint density at radius 1 is 1.07 bits per heavy atom. The number of allylic oxidation sites excluding steroid dienone is 1. The van der Waals surface area contributed by atoms with Gasteiger partial charge in [-0.05, 0) is 50.7 Å². The summed E-state index contributed by atoms with van der Waals surface area (Å²) in [6.45, 7) is 0.703. The van der Waals surface area contributed by atoms with Crippen LogP contribution in [0.25, 0.3) is 0 Å². The number of hydrogen-bond acceptors (Lipinski definition) is 4. The number of amides is 3. The minimum absolute atomic E-state index is 0.0424. The van der Waals surface area contributed by atoms with Crippen LogP contribution in [0.1, 0.15) is 44.2 Å². The molecule has 7 heteroatoms. The van der Waals surface area contributed by atoms with Crippen molar-refractivity contribution < 1.29 is 9.59 Å². The predicted molar refractivity (Wildman–Crippen MR) is 114 cm³/mol. The summed E-state index contributed by atoms with van der Waals surface area (Å²) in [5, 5.41) is 10.8. The highest BCUT2D eigenvalue weighted by Crippen LogP contribution is 2.19. The lowest BCUT2D eigenvalue weighted by Crippen LogP contribution is -2.25. The molecule has 2 aromatic rings. The number of carbonyl (C=O) groups excluding carboxylic acids is 2. The summed E-state index contributed by atoms with van der Waals surface area (Å²) in [7, 11) is 0. The minimum atomic E-state index is -0.332. The molecule has 1 aliphatic carbocycles. The van der Waals surface area contributed by atoms with Crippen molar-refractivity contribution in [3.05, 3.63) is 53.1 Å². The summed E-state index contributed by atoms with van der Waals surface area (Å²) in [5.74, 6) is 0.0424. The normalized spacial score (nSPS) is 13.5. The van der Waals surface area contributed by atoms with Gasteiger partial charge < -0.3 is 10.6 Å². The summed E-state index contributed by atoms with van der Waals surface area (Å²) in [6, 6.07) is 8.90. The highest BCUT2D eigenvalue weighted by Gasteiger charge is 2.09. The van der Waals surface area contributed by atoms with E-state index < -0.39 is 0 Å². The molecule has 0 fully saturated rings. The first-order valence-electron chi connectivity index (χ1n) is 9.71. The zero-order valence-corrected chi connectivity index (χ0v) is 16.7. The van der Waals surface area contributed by atoms with Crippen molar-refractivity contribution in [2.24, 2.45) is 0 Å². The number of benzene rings is 1. The molecule has 0 saturated carbocycles. The molecule has 1 aromatic heterocycles. The van der Waals surface area contributed by atoms with Crippen molar-refractivity contribution in [2.75, 3.05) is 17.2 Å². The Morgan fingerprint density at radius 3 is 2.71 bits per heavy atom. The van der Waals surface area contributed by atoms with E-state index in [1.165, 1.54) is 42.6 Å². The SMILES string of the molecule is O=C(CCc1csc(NC(=O)Nc2ccccc2)n1)NCCC1=CCCCC1. The number of carbonyl (C=O) groups is 2. The average molecular weight is 399 g/mol. The third-order valence-electron chi connectivity index (χ3n) is 4.57. The van der Waals surface area contributed by atoms with Crippen molar-refractivity contribution in [3.63, 3.8) is 0 Å². The quantitative estimate of drug-likeness (QED) is 0.562. The first kappa shape index (κ1) is 20.1. The summed E-state index contributed by atoms with van der Waals surface area (Å²) in [4.78, 5) is 28.4. The van der Waals surface area contributed by atoms with E-state index in [0.717, 1.165) is 17.8 Å². The zero-order chi connectivity index (χ0) is 19.6. The third kappa shape index (κ3) is 6.81. The van der Waals surface area contributed by atoms with Gasteiger partial charge >= 0.3 is 6.03 Å². The molecule has 1 heterocycles. The molecule has 3 rings (SSSR count). The molecule has 1 aliphatic rings. The Labute approximate surface area is 169 Å². The molecular formula is C21H26N4O2S. The first-order valence-corrected chi connectivity index (χ1v) is 10.6. The number of para-hydroxylation sites is 1. The maximum absolute atomic E-state index is 12.0. The second-order valence-corrected chi connectivity index (χ2v) is 7.66. The van der Waals surface area contributed by atoms with E-state index in [1.807, 2.05) is 35.7 Å². The van der Waals surface area contributed by atoms with E-state index >= 15 is 0 Å². The van der Waals surface area contributed by atoms with Gasteiger partial charge in [0, 0.05) is 24.0 Å². The van der Waals surface area contributed by atoms with E-state index in [0.29, 0.717) is 24.5 Å². The van der Waals surface area contributed by atoms with E-state index in [-0.39, 0.29) is 11.9 Å². The fraction of sp³-hybridized carbons (Fsp3) is 0.381. The minimum Gasteiger partial charge on any atom is -0.356 e. The van der Waals surface area contributed by atoms with Crippen molar-refractivity contribution >= 4 is 34.1 Å². The molecule has 0 atom stereocenters. The largest absolute Gasteiger partial charge is 0.356 e. The van der Waals surface area contributed by atoms with Gasteiger partial charge in [-0.15, -0.1) is 11.3 Å². The monoisotopic (exact) mass is 398 g/mol. The molecule has 0 unspecified atom stereocenters. The third-order valence-corrected chi connectivity index (χ3v) is 5.37. The Balaban J connectivity index is 1.35. The fourth-order valence-electron chi connectivity index (χ4n) is 3.08. The van der Waals surface area contributed by atoms with Crippen LogP contribution in [0.5, 0.6) is 0 Å². The Bertz CT molecular complexity index is 817. The lowest BCUT2D eigenvalue weighted by molar-refractivity contribution is -0.121. The van der Waals surface area contributed by atoms with Crippen molar-refractivity contribution in [3.8, 4) is 0 Å². The van der Waals surface area contributed by atoms with E-state index in [2.05, 4.69) is 27.0 Å². The van der Waals surface area contributed by atoms with Crippen molar-refractivity contribution in [1.82, 2.24) is 10.3 Å². The number of hydrogen-bond donors (Lipinski definition) is 3. The molecule has 0 aliphatic heterocycles. The van der Waals surface area contributed by atoms with E-state index in [4.69, 9.17) is 0 Å². The Morgan fingerprint density at radius 2 is 1.93 bits per heavy atom. The average Bonchev–Trinajstić information content (AvgIpc) is 3.15. The number of aryl methyl sites for hydroxylation is 1. The highest BCUT2D eigenvalue weighted by molar-refractivity contribution is 7.13. The smallest absolute Gasteiger partial charge is 0.325 e. The number of nitrogens with zero attached hydrogens (tertiary/aromatic N) is 1. The number of anilines is 2. The van der Waals surface area contributed by atoms with Crippen molar-refractivity contribution in [1.29, 1.82) is 0 Å². The summed E-state index contributed by atoms with van der Waals surface area (Å²) in [5.41, 5.74) is 3.00. The standard InChI is InChI=1S/C21H26N4O2S/c26-19(22-14-13-16-7-3-1-4-8-16)12-11-18-15-28-21(24-18)25-20(27)23-17-9-5-2-6-10-17/h2,5-7,9-10,15H,1,3-4,8,11-14H2,(H,22,26)(H2,23,24,25,27). The van der Waals surface area contributed by atoms with Gasteiger partial charge in [0.2, 0.25) is 5.91 Å². The van der Waals surface area contributed by atoms with Crippen LogP contribution in [0.3, 0.4) is 0 Å².